The van der Waals surface area contributed by atoms with Crippen molar-refractivity contribution in [2.75, 3.05) is 6.54 Å². The van der Waals surface area contributed by atoms with Gasteiger partial charge in [0.15, 0.2) is 0 Å². The summed E-state index contributed by atoms with van der Waals surface area (Å²) in [5.74, 6) is -0.0650. The Balaban J connectivity index is 2.08. The van der Waals surface area contributed by atoms with Gasteiger partial charge in [-0.05, 0) is 31.9 Å². The molecule has 1 heterocycles. The van der Waals surface area contributed by atoms with Crippen LogP contribution in [0.15, 0.2) is 18.3 Å². The van der Waals surface area contributed by atoms with Crippen LogP contribution in [0, 0.1) is 6.92 Å². The molecule has 1 saturated carbocycles. The fraction of sp³-hybridized carbons (Fsp3) is 0.538. The smallest absolute Gasteiger partial charge is 0.253 e. The highest BCUT2D eigenvalue weighted by atomic mass is 16.1. The van der Waals surface area contributed by atoms with E-state index in [4.69, 9.17) is 5.73 Å². The molecule has 1 aliphatic rings. The molecule has 0 atom stereocenters. The predicted molar refractivity (Wildman–Crippen MR) is 66.7 cm³/mol. The second-order valence-corrected chi connectivity index (χ2v) is 4.83. The number of aryl methyl sites for hydroxylation is 1. The van der Waals surface area contributed by atoms with Crippen molar-refractivity contribution >= 4 is 5.91 Å². The largest absolute Gasteiger partial charge is 0.345 e. The van der Waals surface area contributed by atoms with Crippen molar-refractivity contribution in [3.05, 3.63) is 29.6 Å². The number of carbonyl (C=O) groups excluding carboxylic acids is 1. The summed E-state index contributed by atoms with van der Waals surface area (Å²) in [5, 5.41) is 3.07. The van der Waals surface area contributed by atoms with E-state index in [1.807, 2.05) is 13.0 Å². The monoisotopic (exact) mass is 233 g/mol. The topological polar surface area (TPSA) is 68.0 Å². The normalized spacial score (nSPS) is 18.0. The lowest BCUT2D eigenvalue weighted by molar-refractivity contribution is 0.0902. The van der Waals surface area contributed by atoms with Crippen molar-refractivity contribution in [1.29, 1.82) is 0 Å². The number of rotatable bonds is 3. The molecule has 17 heavy (non-hydrogen) atoms. The first kappa shape index (κ1) is 12.0. The molecule has 0 aromatic carbocycles. The van der Waals surface area contributed by atoms with Gasteiger partial charge >= 0.3 is 0 Å². The van der Waals surface area contributed by atoms with Gasteiger partial charge in [0.05, 0.1) is 11.1 Å². The molecule has 1 aliphatic carbocycles. The Morgan fingerprint density at radius 1 is 1.47 bits per heavy atom. The van der Waals surface area contributed by atoms with E-state index >= 15 is 0 Å². The van der Waals surface area contributed by atoms with Crippen molar-refractivity contribution in [2.24, 2.45) is 5.73 Å². The maximum absolute atomic E-state index is 12.1. The van der Waals surface area contributed by atoms with E-state index in [1.54, 1.807) is 12.3 Å². The summed E-state index contributed by atoms with van der Waals surface area (Å²) in [6, 6.07) is 3.65. The summed E-state index contributed by atoms with van der Waals surface area (Å²) in [5.41, 5.74) is 7.12. The molecule has 0 radical (unpaired) electrons. The predicted octanol–water partition coefficient (Wildman–Crippen LogP) is 1.39. The van der Waals surface area contributed by atoms with Gasteiger partial charge in [0.25, 0.3) is 5.91 Å². The number of amides is 1. The third-order valence-corrected chi connectivity index (χ3v) is 3.50. The van der Waals surface area contributed by atoms with Crippen LogP contribution >= 0.6 is 0 Å². The standard InChI is InChI=1S/C13H19N3O/c1-10-4-5-11(8-15-10)12(17)16-13(9-14)6-2-3-7-13/h4-5,8H,2-3,6-7,9,14H2,1H3,(H,16,17). The molecule has 2 rings (SSSR count). The molecule has 1 aromatic heterocycles. The Morgan fingerprint density at radius 3 is 2.71 bits per heavy atom. The average Bonchev–Trinajstić information content (AvgIpc) is 2.79. The van der Waals surface area contributed by atoms with E-state index < -0.39 is 0 Å². The molecule has 92 valence electrons. The lowest BCUT2D eigenvalue weighted by atomic mass is 9.97. The lowest BCUT2D eigenvalue weighted by Gasteiger charge is -2.28. The number of hydrogen-bond donors (Lipinski definition) is 2. The van der Waals surface area contributed by atoms with Gasteiger partial charge in [0.2, 0.25) is 0 Å². The van der Waals surface area contributed by atoms with Crippen molar-refractivity contribution in [1.82, 2.24) is 10.3 Å². The van der Waals surface area contributed by atoms with E-state index in [0.29, 0.717) is 12.1 Å². The van der Waals surface area contributed by atoms with Crippen LogP contribution in [0.1, 0.15) is 41.7 Å². The highest BCUT2D eigenvalue weighted by Gasteiger charge is 2.34. The van der Waals surface area contributed by atoms with Gasteiger partial charge in [-0.15, -0.1) is 0 Å². The zero-order chi connectivity index (χ0) is 12.3. The Labute approximate surface area is 102 Å². The van der Waals surface area contributed by atoms with Gasteiger partial charge in [-0.3, -0.25) is 9.78 Å². The fourth-order valence-electron chi connectivity index (χ4n) is 2.35. The Kier molecular flexibility index (Phi) is 3.43. The van der Waals surface area contributed by atoms with Crippen molar-refractivity contribution < 1.29 is 4.79 Å². The first-order valence-corrected chi connectivity index (χ1v) is 6.10. The molecule has 0 spiro atoms. The van der Waals surface area contributed by atoms with Crippen molar-refractivity contribution in [3.63, 3.8) is 0 Å². The van der Waals surface area contributed by atoms with Crippen LogP contribution in [0.2, 0.25) is 0 Å². The lowest BCUT2D eigenvalue weighted by Crippen LogP contribution is -2.51. The molecule has 1 aromatic rings. The molecule has 1 amide bonds. The Hall–Kier alpha value is -1.42. The van der Waals surface area contributed by atoms with E-state index in [-0.39, 0.29) is 11.4 Å². The number of hydrogen-bond acceptors (Lipinski definition) is 3. The van der Waals surface area contributed by atoms with E-state index in [0.717, 1.165) is 31.4 Å². The van der Waals surface area contributed by atoms with E-state index in [9.17, 15) is 4.79 Å². The number of nitrogens with one attached hydrogen (secondary N) is 1. The third kappa shape index (κ3) is 2.64. The highest BCUT2D eigenvalue weighted by molar-refractivity contribution is 5.94. The molecule has 4 heteroatoms. The highest BCUT2D eigenvalue weighted by Crippen LogP contribution is 2.28. The molecule has 0 unspecified atom stereocenters. The molecule has 0 bridgehead atoms. The second-order valence-electron chi connectivity index (χ2n) is 4.83. The van der Waals surface area contributed by atoms with Crippen LogP contribution in [0.4, 0.5) is 0 Å². The van der Waals surface area contributed by atoms with Gasteiger partial charge in [-0.2, -0.15) is 0 Å². The third-order valence-electron chi connectivity index (χ3n) is 3.50. The van der Waals surface area contributed by atoms with Crippen molar-refractivity contribution in [3.8, 4) is 0 Å². The molecular weight excluding hydrogens is 214 g/mol. The number of carbonyl (C=O) groups is 1. The van der Waals surface area contributed by atoms with Gasteiger partial charge in [-0.1, -0.05) is 12.8 Å². The number of nitrogens with two attached hydrogens (primary N) is 1. The van der Waals surface area contributed by atoms with Crippen LogP contribution in [-0.2, 0) is 0 Å². The minimum atomic E-state index is -0.192. The van der Waals surface area contributed by atoms with Crippen LogP contribution in [-0.4, -0.2) is 23.0 Å². The van der Waals surface area contributed by atoms with E-state index in [2.05, 4.69) is 10.3 Å². The second kappa shape index (κ2) is 4.84. The SMILES string of the molecule is Cc1ccc(C(=O)NC2(CN)CCCC2)cn1. The van der Waals surface area contributed by atoms with Crippen LogP contribution in [0.3, 0.4) is 0 Å². The first-order valence-electron chi connectivity index (χ1n) is 6.10. The maximum Gasteiger partial charge on any atom is 0.253 e. The van der Waals surface area contributed by atoms with Crippen molar-refractivity contribution in [2.45, 2.75) is 38.1 Å². The molecular formula is C13H19N3O. The summed E-state index contributed by atoms with van der Waals surface area (Å²) in [6.07, 6.45) is 5.86. The number of nitrogens with zero attached hydrogens (tertiary/aromatic N) is 1. The summed E-state index contributed by atoms with van der Waals surface area (Å²) in [4.78, 5) is 16.2. The quantitative estimate of drug-likeness (QED) is 0.829. The first-order chi connectivity index (χ1) is 8.15. The summed E-state index contributed by atoms with van der Waals surface area (Å²) in [6.45, 7) is 2.41. The molecule has 1 fully saturated rings. The minimum absolute atomic E-state index is 0.0650. The Morgan fingerprint density at radius 2 is 2.18 bits per heavy atom. The van der Waals surface area contributed by atoms with Crippen LogP contribution < -0.4 is 11.1 Å². The van der Waals surface area contributed by atoms with E-state index in [1.165, 1.54) is 0 Å². The van der Waals surface area contributed by atoms with Crippen LogP contribution in [0.5, 0.6) is 0 Å². The number of pyridine rings is 1. The fourth-order valence-corrected chi connectivity index (χ4v) is 2.35. The van der Waals surface area contributed by atoms with Gasteiger partial charge < -0.3 is 11.1 Å². The summed E-state index contributed by atoms with van der Waals surface area (Å²) >= 11 is 0. The molecule has 0 aliphatic heterocycles. The summed E-state index contributed by atoms with van der Waals surface area (Å²) < 4.78 is 0. The molecule has 3 N–H and O–H groups in total. The summed E-state index contributed by atoms with van der Waals surface area (Å²) in [7, 11) is 0. The Bertz CT molecular complexity index is 394. The minimum Gasteiger partial charge on any atom is -0.345 e. The maximum atomic E-state index is 12.1. The van der Waals surface area contributed by atoms with Gasteiger partial charge in [0.1, 0.15) is 0 Å². The number of aromatic nitrogens is 1. The average molecular weight is 233 g/mol. The molecule has 0 saturated heterocycles. The van der Waals surface area contributed by atoms with Crippen LogP contribution in [0.25, 0.3) is 0 Å². The zero-order valence-corrected chi connectivity index (χ0v) is 10.2. The zero-order valence-electron chi connectivity index (χ0n) is 10.2. The molecule has 4 nitrogen and oxygen atoms in total. The van der Waals surface area contributed by atoms with Gasteiger partial charge in [-0.25, -0.2) is 0 Å². The van der Waals surface area contributed by atoms with Gasteiger partial charge in [0, 0.05) is 18.4 Å².